The molecule has 4 N–H and O–H groups in total. The average Bonchev–Trinajstić information content (AvgIpc) is 2.70. The summed E-state index contributed by atoms with van der Waals surface area (Å²) in [5, 5.41) is 11.9. The minimum absolute atomic E-state index is 0.0598. The number of anilines is 1. The van der Waals surface area contributed by atoms with E-state index in [1.807, 2.05) is 6.07 Å². The molecule has 1 aromatic carbocycles. The zero-order valence-electron chi connectivity index (χ0n) is 19.5. The van der Waals surface area contributed by atoms with Gasteiger partial charge in [0.25, 0.3) is 0 Å². The number of amides is 2. The first-order valence-corrected chi connectivity index (χ1v) is 10.8. The summed E-state index contributed by atoms with van der Waals surface area (Å²) in [5.74, 6) is -1.27. The number of benzene rings is 1. The van der Waals surface area contributed by atoms with E-state index in [9.17, 15) is 19.2 Å². The predicted molar refractivity (Wildman–Crippen MR) is 120 cm³/mol. The van der Waals surface area contributed by atoms with E-state index in [0.29, 0.717) is 24.1 Å². The second-order valence-electron chi connectivity index (χ2n) is 10.2. The van der Waals surface area contributed by atoms with E-state index in [1.165, 1.54) is 0 Å². The number of carbonyl (C=O) groups is 4. The molecule has 0 radical (unpaired) electrons. The average molecular weight is 447 g/mol. The number of hydrogen-bond acceptors (Lipinski definition) is 6. The van der Waals surface area contributed by atoms with Gasteiger partial charge in [0.05, 0.1) is 12.0 Å². The van der Waals surface area contributed by atoms with Crippen molar-refractivity contribution in [3.05, 3.63) is 29.3 Å². The van der Waals surface area contributed by atoms with Crippen LogP contribution < -0.4 is 11.1 Å². The summed E-state index contributed by atoms with van der Waals surface area (Å²) >= 11 is 0. The molecule has 32 heavy (non-hydrogen) atoms. The Labute approximate surface area is 188 Å². The van der Waals surface area contributed by atoms with Gasteiger partial charge >= 0.3 is 5.97 Å². The number of nitrogens with two attached hydrogens (primary N) is 1. The fraction of sp³-hybridized carbons (Fsp3) is 0.583. The molecule has 0 saturated heterocycles. The van der Waals surface area contributed by atoms with E-state index in [-0.39, 0.29) is 37.7 Å². The van der Waals surface area contributed by atoms with Crippen molar-refractivity contribution in [2.24, 2.45) is 22.0 Å². The normalized spacial score (nSPS) is 15.2. The van der Waals surface area contributed by atoms with Crippen LogP contribution in [0.1, 0.15) is 69.8 Å². The second kappa shape index (κ2) is 9.40. The van der Waals surface area contributed by atoms with Gasteiger partial charge in [-0.3, -0.25) is 19.2 Å². The SMILES string of the molecule is CC(C)(CC(C)(CCC(C)(C)C(=O)Nc1ccc2c(c1)C(=O)C2)C(=O)OCCO)C(N)=O. The van der Waals surface area contributed by atoms with Gasteiger partial charge in [-0.2, -0.15) is 0 Å². The van der Waals surface area contributed by atoms with Crippen LogP contribution in [0.3, 0.4) is 0 Å². The van der Waals surface area contributed by atoms with Crippen molar-refractivity contribution in [2.75, 3.05) is 18.5 Å². The molecule has 1 unspecified atom stereocenters. The number of ketones is 1. The summed E-state index contributed by atoms with van der Waals surface area (Å²) in [4.78, 5) is 49.3. The van der Waals surface area contributed by atoms with E-state index >= 15 is 0 Å². The molecular formula is C24H34N2O6. The smallest absolute Gasteiger partial charge is 0.311 e. The van der Waals surface area contributed by atoms with Crippen LogP contribution in [-0.2, 0) is 25.5 Å². The fourth-order valence-electron chi connectivity index (χ4n) is 3.87. The summed E-state index contributed by atoms with van der Waals surface area (Å²) in [6, 6.07) is 5.28. The first kappa shape index (κ1) is 25.5. The fourth-order valence-corrected chi connectivity index (χ4v) is 3.87. The van der Waals surface area contributed by atoms with Crippen LogP contribution in [0.5, 0.6) is 0 Å². The molecule has 0 bridgehead atoms. The number of aliphatic hydroxyl groups is 1. The molecule has 0 aliphatic heterocycles. The molecule has 0 fully saturated rings. The number of ether oxygens (including phenoxy) is 1. The zero-order chi connectivity index (χ0) is 24.3. The van der Waals surface area contributed by atoms with Crippen molar-refractivity contribution < 1.29 is 29.0 Å². The van der Waals surface area contributed by atoms with E-state index in [1.54, 1.807) is 46.8 Å². The molecule has 2 amide bonds. The minimum atomic E-state index is -1.08. The van der Waals surface area contributed by atoms with Gasteiger partial charge in [-0.1, -0.05) is 33.8 Å². The van der Waals surface area contributed by atoms with Gasteiger partial charge < -0.3 is 20.9 Å². The molecule has 0 aromatic heterocycles. The molecule has 8 nitrogen and oxygen atoms in total. The van der Waals surface area contributed by atoms with Crippen LogP contribution in [-0.4, -0.2) is 41.9 Å². The Balaban J connectivity index is 2.13. The number of aliphatic hydroxyl groups excluding tert-OH is 1. The Morgan fingerprint density at radius 1 is 1.09 bits per heavy atom. The highest BCUT2D eigenvalue weighted by atomic mass is 16.5. The van der Waals surface area contributed by atoms with Crippen LogP contribution in [0.4, 0.5) is 5.69 Å². The van der Waals surface area contributed by atoms with E-state index in [2.05, 4.69) is 5.32 Å². The van der Waals surface area contributed by atoms with Gasteiger partial charge in [0.2, 0.25) is 11.8 Å². The van der Waals surface area contributed by atoms with Crippen LogP contribution in [0.15, 0.2) is 18.2 Å². The highest BCUT2D eigenvalue weighted by Crippen LogP contribution is 2.41. The molecular weight excluding hydrogens is 412 g/mol. The Bertz CT molecular complexity index is 921. The first-order valence-electron chi connectivity index (χ1n) is 10.8. The third-order valence-corrected chi connectivity index (χ3v) is 6.25. The van der Waals surface area contributed by atoms with E-state index in [0.717, 1.165) is 5.56 Å². The molecule has 0 saturated carbocycles. The number of fused-ring (bicyclic) bond motifs is 1. The zero-order valence-corrected chi connectivity index (χ0v) is 19.5. The maximum atomic E-state index is 13.0. The lowest BCUT2D eigenvalue weighted by Crippen LogP contribution is -2.42. The summed E-state index contributed by atoms with van der Waals surface area (Å²) in [7, 11) is 0. The molecule has 1 aliphatic carbocycles. The van der Waals surface area contributed by atoms with Crippen LogP contribution in [0.2, 0.25) is 0 Å². The highest BCUT2D eigenvalue weighted by molar-refractivity contribution is 6.08. The van der Waals surface area contributed by atoms with Crippen LogP contribution in [0.25, 0.3) is 0 Å². The molecule has 8 heteroatoms. The van der Waals surface area contributed by atoms with Crippen molar-refractivity contribution in [1.82, 2.24) is 0 Å². The number of nitrogens with one attached hydrogen (secondary N) is 1. The first-order chi connectivity index (χ1) is 14.7. The van der Waals surface area contributed by atoms with Crippen molar-refractivity contribution >= 4 is 29.3 Å². The molecule has 176 valence electrons. The number of primary amides is 1. The third kappa shape index (κ3) is 5.73. The van der Waals surface area contributed by atoms with Crippen molar-refractivity contribution in [3.8, 4) is 0 Å². The number of rotatable bonds is 11. The molecule has 0 heterocycles. The Morgan fingerprint density at radius 2 is 1.75 bits per heavy atom. The predicted octanol–water partition coefficient (Wildman–Crippen LogP) is 2.61. The second-order valence-corrected chi connectivity index (χ2v) is 10.2. The largest absolute Gasteiger partial charge is 0.463 e. The maximum absolute atomic E-state index is 13.0. The Morgan fingerprint density at radius 3 is 2.31 bits per heavy atom. The standard InChI is InChI=1S/C24H34N2O6/c1-22(2,20(30)26-16-7-6-15-12-18(28)17(15)13-16)8-9-24(5,21(31)32-11-10-27)14-23(3,4)19(25)29/h6-7,13,27H,8-12,14H2,1-5H3,(H2,25,29)(H,26,30). The van der Waals surface area contributed by atoms with Gasteiger partial charge in [-0.25, -0.2) is 0 Å². The Hall–Kier alpha value is -2.74. The van der Waals surface area contributed by atoms with Crippen molar-refractivity contribution in [1.29, 1.82) is 0 Å². The molecule has 1 aromatic rings. The van der Waals surface area contributed by atoms with Gasteiger partial charge in [0, 0.05) is 28.5 Å². The van der Waals surface area contributed by atoms with Gasteiger partial charge in [-0.05, 0) is 43.9 Å². The lowest BCUT2D eigenvalue weighted by molar-refractivity contribution is -0.159. The highest BCUT2D eigenvalue weighted by Gasteiger charge is 2.44. The number of carbonyl (C=O) groups excluding carboxylic acids is 4. The molecule has 0 spiro atoms. The number of hydrogen-bond donors (Lipinski definition) is 3. The molecule has 1 aliphatic rings. The maximum Gasteiger partial charge on any atom is 0.311 e. The summed E-state index contributed by atoms with van der Waals surface area (Å²) < 4.78 is 5.17. The monoisotopic (exact) mass is 446 g/mol. The van der Waals surface area contributed by atoms with Crippen molar-refractivity contribution in [3.63, 3.8) is 0 Å². The lowest BCUT2D eigenvalue weighted by atomic mass is 9.69. The van der Waals surface area contributed by atoms with Crippen molar-refractivity contribution in [2.45, 2.75) is 60.3 Å². The summed E-state index contributed by atoms with van der Waals surface area (Å²) in [6.45, 7) is 8.11. The lowest BCUT2D eigenvalue weighted by Gasteiger charge is -2.36. The number of Topliss-reactive ketones (excluding diaryl/α,β-unsaturated/α-hetero) is 1. The van der Waals surface area contributed by atoms with Crippen LogP contribution >= 0.6 is 0 Å². The van der Waals surface area contributed by atoms with E-state index < -0.39 is 28.1 Å². The topological polar surface area (TPSA) is 136 Å². The quantitative estimate of drug-likeness (QED) is 0.447. The summed E-state index contributed by atoms with van der Waals surface area (Å²) in [6.07, 6.45) is 1.19. The van der Waals surface area contributed by atoms with Gasteiger partial charge in [-0.15, -0.1) is 0 Å². The van der Waals surface area contributed by atoms with Gasteiger partial charge in [0.1, 0.15) is 6.61 Å². The van der Waals surface area contributed by atoms with Crippen LogP contribution in [0, 0.1) is 16.2 Å². The summed E-state index contributed by atoms with van der Waals surface area (Å²) in [5.41, 5.74) is 4.79. The minimum Gasteiger partial charge on any atom is -0.463 e. The molecule has 2 rings (SSSR count). The third-order valence-electron chi connectivity index (χ3n) is 6.25. The van der Waals surface area contributed by atoms with E-state index in [4.69, 9.17) is 15.6 Å². The van der Waals surface area contributed by atoms with Gasteiger partial charge in [0.15, 0.2) is 5.78 Å². The Kier molecular flexibility index (Phi) is 7.50. The number of esters is 1. The molecule has 1 atom stereocenters.